The maximum Gasteiger partial charge on any atom is 0.0170 e. The zero-order valence-electron chi connectivity index (χ0n) is 13.6. The third-order valence-electron chi connectivity index (χ3n) is 3.09. The maximum atomic E-state index is 3.51. The van der Waals surface area contributed by atoms with E-state index in [-0.39, 0.29) is 11.0 Å². The van der Waals surface area contributed by atoms with E-state index in [2.05, 4.69) is 84.1 Å². The highest BCUT2D eigenvalue weighted by molar-refractivity contribution is 5.53. The Morgan fingerprint density at radius 3 is 1.95 bits per heavy atom. The SMILES string of the molecule is CC(=Cc1ccc(C(C)(C)C)cc1)CNC(C)(C)C. The van der Waals surface area contributed by atoms with E-state index in [4.69, 9.17) is 0 Å². The van der Waals surface area contributed by atoms with Crippen molar-refractivity contribution in [1.82, 2.24) is 5.32 Å². The molecule has 0 saturated carbocycles. The molecule has 0 amide bonds. The fraction of sp³-hybridized carbons (Fsp3) is 0.556. The van der Waals surface area contributed by atoms with Crippen LogP contribution in [0.3, 0.4) is 0 Å². The molecular formula is C18H29N. The van der Waals surface area contributed by atoms with Gasteiger partial charge in [-0.15, -0.1) is 0 Å². The first kappa shape index (κ1) is 16.0. The highest BCUT2D eigenvalue weighted by Crippen LogP contribution is 2.22. The Hall–Kier alpha value is -1.08. The van der Waals surface area contributed by atoms with Crippen molar-refractivity contribution in [3.63, 3.8) is 0 Å². The van der Waals surface area contributed by atoms with Crippen molar-refractivity contribution in [1.29, 1.82) is 0 Å². The van der Waals surface area contributed by atoms with Crippen molar-refractivity contribution in [2.24, 2.45) is 0 Å². The fourth-order valence-corrected chi connectivity index (χ4v) is 1.82. The van der Waals surface area contributed by atoms with Gasteiger partial charge < -0.3 is 5.32 Å². The molecule has 1 rings (SSSR count). The summed E-state index contributed by atoms with van der Waals surface area (Å²) in [7, 11) is 0. The van der Waals surface area contributed by atoms with E-state index in [0.29, 0.717) is 0 Å². The highest BCUT2D eigenvalue weighted by atomic mass is 14.9. The summed E-state index contributed by atoms with van der Waals surface area (Å²) in [6.45, 7) is 16.4. The molecule has 1 aromatic rings. The van der Waals surface area contributed by atoms with Crippen molar-refractivity contribution in [2.75, 3.05) is 6.54 Å². The Morgan fingerprint density at radius 1 is 1.00 bits per heavy atom. The summed E-state index contributed by atoms with van der Waals surface area (Å²) in [6.07, 6.45) is 2.26. The van der Waals surface area contributed by atoms with Gasteiger partial charge in [-0.1, -0.05) is 56.7 Å². The van der Waals surface area contributed by atoms with E-state index < -0.39 is 0 Å². The second-order valence-corrected chi connectivity index (χ2v) is 7.47. The molecule has 19 heavy (non-hydrogen) atoms. The Bertz CT molecular complexity index is 424. The second kappa shape index (κ2) is 5.92. The predicted octanol–water partition coefficient (Wildman–Crippen LogP) is 4.78. The van der Waals surface area contributed by atoms with Gasteiger partial charge in [-0.3, -0.25) is 0 Å². The van der Waals surface area contributed by atoms with Gasteiger partial charge in [0.25, 0.3) is 0 Å². The highest BCUT2D eigenvalue weighted by Gasteiger charge is 2.12. The summed E-state index contributed by atoms with van der Waals surface area (Å²) < 4.78 is 0. The molecule has 0 bridgehead atoms. The molecule has 106 valence electrons. The van der Waals surface area contributed by atoms with E-state index in [1.807, 2.05) is 0 Å². The van der Waals surface area contributed by atoms with E-state index in [0.717, 1.165) is 6.54 Å². The maximum absolute atomic E-state index is 3.51. The van der Waals surface area contributed by atoms with Crippen LogP contribution in [0.25, 0.3) is 6.08 Å². The third kappa shape index (κ3) is 6.07. The molecule has 0 saturated heterocycles. The number of hydrogen-bond acceptors (Lipinski definition) is 1. The smallest absolute Gasteiger partial charge is 0.0170 e. The van der Waals surface area contributed by atoms with Crippen LogP contribution in [0.1, 0.15) is 59.6 Å². The Morgan fingerprint density at radius 2 is 1.53 bits per heavy atom. The average Bonchev–Trinajstić information content (AvgIpc) is 2.25. The van der Waals surface area contributed by atoms with Gasteiger partial charge in [-0.25, -0.2) is 0 Å². The summed E-state index contributed by atoms with van der Waals surface area (Å²) in [5, 5.41) is 3.51. The summed E-state index contributed by atoms with van der Waals surface area (Å²) in [5.41, 5.74) is 4.42. The van der Waals surface area contributed by atoms with Gasteiger partial charge in [-0.2, -0.15) is 0 Å². The number of benzene rings is 1. The predicted molar refractivity (Wildman–Crippen MR) is 86.5 cm³/mol. The molecule has 0 heterocycles. The molecular weight excluding hydrogens is 230 g/mol. The molecule has 1 aromatic carbocycles. The average molecular weight is 259 g/mol. The largest absolute Gasteiger partial charge is 0.308 e. The Labute approximate surface area is 119 Å². The van der Waals surface area contributed by atoms with Crippen LogP contribution in [0.5, 0.6) is 0 Å². The zero-order valence-corrected chi connectivity index (χ0v) is 13.6. The van der Waals surface area contributed by atoms with Gasteiger partial charge >= 0.3 is 0 Å². The first-order chi connectivity index (χ1) is 8.58. The minimum Gasteiger partial charge on any atom is -0.308 e. The van der Waals surface area contributed by atoms with Crippen molar-refractivity contribution in [2.45, 2.75) is 59.4 Å². The molecule has 0 aliphatic rings. The molecule has 0 aliphatic heterocycles. The van der Waals surface area contributed by atoms with E-state index in [1.165, 1.54) is 16.7 Å². The van der Waals surface area contributed by atoms with E-state index in [1.54, 1.807) is 0 Å². The van der Waals surface area contributed by atoms with Crippen LogP contribution < -0.4 is 5.32 Å². The van der Waals surface area contributed by atoms with Crippen LogP contribution in [-0.4, -0.2) is 12.1 Å². The van der Waals surface area contributed by atoms with Gasteiger partial charge in [0.1, 0.15) is 0 Å². The molecule has 0 fully saturated rings. The van der Waals surface area contributed by atoms with E-state index >= 15 is 0 Å². The quantitative estimate of drug-likeness (QED) is 0.824. The first-order valence-electron chi connectivity index (χ1n) is 7.11. The van der Waals surface area contributed by atoms with Crippen LogP contribution >= 0.6 is 0 Å². The molecule has 0 aromatic heterocycles. The lowest BCUT2D eigenvalue weighted by atomic mass is 9.86. The van der Waals surface area contributed by atoms with Crippen molar-refractivity contribution >= 4 is 6.08 Å². The summed E-state index contributed by atoms with van der Waals surface area (Å²) in [4.78, 5) is 0. The second-order valence-electron chi connectivity index (χ2n) is 7.47. The standard InChI is InChI=1S/C18H29N/c1-14(13-19-18(5,6)7)12-15-8-10-16(11-9-15)17(2,3)4/h8-12,19H,13H2,1-7H3. The van der Waals surface area contributed by atoms with Crippen molar-refractivity contribution in [3.05, 3.63) is 41.0 Å². The van der Waals surface area contributed by atoms with Crippen molar-refractivity contribution in [3.8, 4) is 0 Å². The lowest BCUT2D eigenvalue weighted by molar-refractivity contribution is 0.445. The molecule has 0 aliphatic carbocycles. The summed E-state index contributed by atoms with van der Waals surface area (Å²) in [6, 6.07) is 8.88. The molecule has 1 heteroatoms. The van der Waals surface area contributed by atoms with Gasteiger partial charge in [0.15, 0.2) is 0 Å². The monoisotopic (exact) mass is 259 g/mol. The summed E-state index contributed by atoms with van der Waals surface area (Å²) in [5.74, 6) is 0. The molecule has 0 unspecified atom stereocenters. The molecule has 1 nitrogen and oxygen atoms in total. The van der Waals surface area contributed by atoms with Crippen LogP contribution in [0, 0.1) is 0 Å². The zero-order chi connectivity index (χ0) is 14.7. The minimum atomic E-state index is 0.172. The van der Waals surface area contributed by atoms with Crippen LogP contribution in [0.2, 0.25) is 0 Å². The number of rotatable bonds is 3. The lowest BCUT2D eigenvalue weighted by Crippen LogP contribution is -2.36. The normalized spacial score (nSPS) is 13.7. The van der Waals surface area contributed by atoms with Crippen molar-refractivity contribution < 1.29 is 0 Å². The minimum absolute atomic E-state index is 0.172. The molecule has 1 N–H and O–H groups in total. The molecule has 0 atom stereocenters. The van der Waals surface area contributed by atoms with Gasteiger partial charge in [0.05, 0.1) is 0 Å². The molecule has 0 spiro atoms. The Balaban J connectivity index is 2.71. The topological polar surface area (TPSA) is 12.0 Å². The third-order valence-corrected chi connectivity index (χ3v) is 3.09. The van der Waals surface area contributed by atoms with Gasteiger partial charge in [0.2, 0.25) is 0 Å². The first-order valence-corrected chi connectivity index (χ1v) is 7.11. The Kier molecular flexibility index (Phi) is 4.98. The van der Waals surface area contributed by atoms with Gasteiger partial charge in [0, 0.05) is 12.1 Å². The van der Waals surface area contributed by atoms with Crippen LogP contribution in [0.15, 0.2) is 29.8 Å². The van der Waals surface area contributed by atoms with E-state index in [9.17, 15) is 0 Å². The molecule has 0 radical (unpaired) electrons. The number of hydrogen-bond donors (Lipinski definition) is 1. The van der Waals surface area contributed by atoms with Gasteiger partial charge in [-0.05, 0) is 44.2 Å². The number of nitrogens with one attached hydrogen (secondary N) is 1. The van der Waals surface area contributed by atoms with Crippen LogP contribution in [0.4, 0.5) is 0 Å². The fourth-order valence-electron chi connectivity index (χ4n) is 1.82. The summed E-state index contributed by atoms with van der Waals surface area (Å²) >= 11 is 0. The lowest BCUT2D eigenvalue weighted by Gasteiger charge is -2.21. The van der Waals surface area contributed by atoms with Crippen LogP contribution in [-0.2, 0) is 5.41 Å².